The van der Waals surface area contributed by atoms with Gasteiger partial charge in [-0.15, -0.1) is 11.3 Å². The van der Waals surface area contributed by atoms with E-state index in [-0.39, 0.29) is 12.2 Å². The lowest BCUT2D eigenvalue weighted by atomic mass is 10.1. The number of nitrogens with one attached hydrogen (secondary N) is 1. The molecule has 4 rings (SSSR count). The van der Waals surface area contributed by atoms with Crippen LogP contribution in [0.1, 0.15) is 23.0 Å². The number of thiazole rings is 1. The fourth-order valence-corrected chi connectivity index (χ4v) is 3.51. The molecule has 0 aliphatic heterocycles. The summed E-state index contributed by atoms with van der Waals surface area (Å²) in [7, 11) is 0. The van der Waals surface area contributed by atoms with Gasteiger partial charge in [0.05, 0.1) is 12.1 Å². The highest BCUT2D eigenvalue weighted by molar-refractivity contribution is 7.15. The van der Waals surface area contributed by atoms with Crippen LogP contribution in [-0.2, 0) is 16.0 Å². The largest absolute Gasteiger partial charge is 0.454 e. The number of nitrogens with zero attached hydrogens (tertiary/aromatic N) is 2. The number of aromatic amines is 1. The van der Waals surface area contributed by atoms with E-state index in [1.807, 2.05) is 40.2 Å². The minimum Gasteiger partial charge on any atom is -0.454 e. The monoisotopic (exact) mass is 353 g/mol. The summed E-state index contributed by atoms with van der Waals surface area (Å²) in [6, 6.07) is 7.53. The lowest BCUT2D eigenvalue weighted by Crippen LogP contribution is -2.25. The molecular formula is C18H15N3O3S. The zero-order valence-corrected chi connectivity index (χ0v) is 14.2. The van der Waals surface area contributed by atoms with E-state index < -0.39 is 12.1 Å². The summed E-state index contributed by atoms with van der Waals surface area (Å²) in [6.45, 7) is 1.59. The molecular weight excluding hydrogens is 338 g/mol. The van der Waals surface area contributed by atoms with Crippen molar-refractivity contribution < 1.29 is 14.3 Å². The predicted molar refractivity (Wildman–Crippen MR) is 95.0 cm³/mol. The Bertz CT molecular complexity index is 1050. The van der Waals surface area contributed by atoms with E-state index >= 15 is 0 Å². The summed E-state index contributed by atoms with van der Waals surface area (Å²) >= 11 is 1.50. The van der Waals surface area contributed by atoms with Crippen LogP contribution >= 0.6 is 11.3 Å². The number of Topliss-reactive ketones (excluding diaryl/α,β-unsaturated/α-hetero) is 1. The molecule has 3 aromatic heterocycles. The molecule has 1 aromatic carbocycles. The van der Waals surface area contributed by atoms with Crippen molar-refractivity contribution in [2.75, 3.05) is 0 Å². The molecule has 0 radical (unpaired) electrons. The van der Waals surface area contributed by atoms with Crippen LogP contribution in [0.25, 0.3) is 15.9 Å². The standard InChI is InChI=1S/C18H15N3O3S/c1-11(17(23)14-9-19-15-5-3-2-4-13(14)15)24-16(22)8-12-10-21-6-7-25-18(21)20-12/h2-7,9-11,19H,8H2,1H3/t11-/m1/s1. The summed E-state index contributed by atoms with van der Waals surface area (Å²) in [5.74, 6) is -0.692. The summed E-state index contributed by atoms with van der Waals surface area (Å²) in [4.78, 5) is 33.0. The SMILES string of the molecule is C[C@@H](OC(=O)Cc1cn2ccsc2n1)C(=O)c1c[nH]c2ccccc12. The fraction of sp³-hybridized carbons (Fsp3) is 0.167. The van der Waals surface area contributed by atoms with E-state index in [4.69, 9.17) is 4.74 Å². The zero-order chi connectivity index (χ0) is 17.4. The van der Waals surface area contributed by atoms with Crippen molar-refractivity contribution in [1.29, 1.82) is 0 Å². The molecule has 1 atom stereocenters. The Balaban J connectivity index is 1.45. The Morgan fingerprint density at radius 2 is 2.20 bits per heavy atom. The number of rotatable bonds is 5. The number of hydrogen-bond donors (Lipinski definition) is 1. The number of H-pyrrole nitrogens is 1. The molecule has 4 aromatic rings. The molecule has 0 bridgehead atoms. The third-order valence-corrected chi connectivity index (χ3v) is 4.77. The number of esters is 1. The van der Waals surface area contributed by atoms with E-state index in [1.54, 1.807) is 19.3 Å². The number of aromatic nitrogens is 3. The molecule has 1 N–H and O–H groups in total. The van der Waals surface area contributed by atoms with Gasteiger partial charge in [0.2, 0.25) is 5.78 Å². The van der Waals surface area contributed by atoms with E-state index in [9.17, 15) is 9.59 Å². The van der Waals surface area contributed by atoms with Crippen molar-refractivity contribution >= 4 is 39.0 Å². The number of para-hydroxylation sites is 1. The normalized spacial score (nSPS) is 12.5. The second-order valence-electron chi connectivity index (χ2n) is 5.75. The van der Waals surface area contributed by atoms with Gasteiger partial charge in [-0.05, 0) is 13.0 Å². The Morgan fingerprint density at radius 3 is 3.04 bits per heavy atom. The molecule has 0 fully saturated rings. The van der Waals surface area contributed by atoms with E-state index in [1.165, 1.54) is 11.3 Å². The molecule has 126 valence electrons. The maximum absolute atomic E-state index is 12.6. The van der Waals surface area contributed by atoms with Gasteiger partial charge in [-0.25, -0.2) is 4.98 Å². The highest BCUT2D eigenvalue weighted by atomic mass is 32.1. The van der Waals surface area contributed by atoms with Crippen LogP contribution in [0.15, 0.2) is 48.2 Å². The molecule has 7 heteroatoms. The van der Waals surface area contributed by atoms with Crippen LogP contribution in [0.5, 0.6) is 0 Å². The number of hydrogen-bond acceptors (Lipinski definition) is 5. The topological polar surface area (TPSA) is 76.5 Å². The van der Waals surface area contributed by atoms with Gasteiger partial charge in [0.25, 0.3) is 0 Å². The molecule has 0 spiro atoms. The molecule has 3 heterocycles. The number of fused-ring (bicyclic) bond motifs is 2. The molecule has 0 amide bonds. The maximum Gasteiger partial charge on any atom is 0.312 e. The van der Waals surface area contributed by atoms with Crippen LogP contribution in [0.4, 0.5) is 0 Å². The van der Waals surface area contributed by atoms with Crippen LogP contribution in [0.2, 0.25) is 0 Å². The van der Waals surface area contributed by atoms with Gasteiger partial charge >= 0.3 is 5.97 Å². The number of imidazole rings is 1. The average Bonchev–Trinajstić information content (AvgIpc) is 3.27. The summed E-state index contributed by atoms with van der Waals surface area (Å²) in [6.07, 6.45) is 4.51. The third-order valence-electron chi connectivity index (χ3n) is 4.00. The Hall–Kier alpha value is -2.93. The highest BCUT2D eigenvalue weighted by Gasteiger charge is 2.22. The first-order valence-corrected chi connectivity index (χ1v) is 8.70. The second kappa shape index (κ2) is 6.18. The zero-order valence-electron chi connectivity index (χ0n) is 13.4. The smallest absolute Gasteiger partial charge is 0.312 e. The van der Waals surface area contributed by atoms with Crippen molar-refractivity contribution in [1.82, 2.24) is 14.4 Å². The second-order valence-corrected chi connectivity index (χ2v) is 6.62. The van der Waals surface area contributed by atoms with Gasteiger partial charge in [-0.2, -0.15) is 0 Å². The number of carbonyl (C=O) groups is 2. The predicted octanol–water partition coefficient (Wildman–Crippen LogP) is 3.23. The molecule has 0 saturated carbocycles. The molecule has 0 saturated heterocycles. The maximum atomic E-state index is 12.6. The molecule has 0 aliphatic carbocycles. The molecule has 6 nitrogen and oxygen atoms in total. The minimum atomic E-state index is -0.851. The summed E-state index contributed by atoms with van der Waals surface area (Å²) in [5.41, 5.74) is 2.03. The van der Waals surface area contributed by atoms with Gasteiger partial charge in [0.1, 0.15) is 0 Å². The van der Waals surface area contributed by atoms with E-state index in [0.29, 0.717) is 11.3 Å². The number of benzene rings is 1. The van der Waals surface area contributed by atoms with Crippen LogP contribution in [0.3, 0.4) is 0 Å². The molecule has 25 heavy (non-hydrogen) atoms. The van der Waals surface area contributed by atoms with E-state index in [2.05, 4.69) is 9.97 Å². The van der Waals surface area contributed by atoms with Gasteiger partial charge in [-0.1, -0.05) is 18.2 Å². The van der Waals surface area contributed by atoms with Crippen molar-refractivity contribution in [3.05, 3.63) is 59.5 Å². The minimum absolute atomic E-state index is 0.0416. The van der Waals surface area contributed by atoms with Crippen molar-refractivity contribution in [2.45, 2.75) is 19.4 Å². The van der Waals surface area contributed by atoms with Crippen molar-refractivity contribution in [3.8, 4) is 0 Å². The number of ether oxygens (including phenoxy) is 1. The van der Waals surface area contributed by atoms with Gasteiger partial charge in [0, 0.05) is 40.4 Å². The first-order valence-electron chi connectivity index (χ1n) is 7.82. The number of carbonyl (C=O) groups excluding carboxylic acids is 2. The van der Waals surface area contributed by atoms with Crippen LogP contribution < -0.4 is 0 Å². The van der Waals surface area contributed by atoms with Crippen molar-refractivity contribution in [3.63, 3.8) is 0 Å². The van der Waals surface area contributed by atoms with Gasteiger partial charge in [0.15, 0.2) is 11.1 Å². The Kier molecular flexibility index (Phi) is 3.85. The fourth-order valence-electron chi connectivity index (χ4n) is 2.80. The van der Waals surface area contributed by atoms with Gasteiger partial charge < -0.3 is 9.72 Å². The Morgan fingerprint density at radius 1 is 1.36 bits per heavy atom. The summed E-state index contributed by atoms with van der Waals surface area (Å²) in [5, 5.41) is 2.75. The quantitative estimate of drug-likeness (QED) is 0.441. The van der Waals surface area contributed by atoms with E-state index in [0.717, 1.165) is 15.9 Å². The van der Waals surface area contributed by atoms with Gasteiger partial charge in [-0.3, -0.25) is 14.0 Å². The Labute approximate surface area is 147 Å². The van der Waals surface area contributed by atoms with Crippen LogP contribution in [-0.4, -0.2) is 32.2 Å². The highest BCUT2D eigenvalue weighted by Crippen LogP contribution is 2.20. The lowest BCUT2D eigenvalue weighted by molar-refractivity contribution is -0.145. The first-order chi connectivity index (χ1) is 12.1. The molecule has 0 unspecified atom stereocenters. The summed E-state index contributed by atoms with van der Waals surface area (Å²) < 4.78 is 7.17. The van der Waals surface area contributed by atoms with Crippen molar-refractivity contribution in [2.24, 2.45) is 0 Å². The third kappa shape index (κ3) is 2.94. The number of ketones is 1. The van der Waals surface area contributed by atoms with Crippen LogP contribution in [0, 0.1) is 0 Å². The lowest BCUT2D eigenvalue weighted by Gasteiger charge is -2.11. The first kappa shape index (κ1) is 15.6. The molecule has 0 aliphatic rings. The average molecular weight is 353 g/mol.